The average Bonchev–Trinajstić information content (AvgIpc) is 2.59. The molecule has 0 unspecified atom stereocenters. The maximum absolute atomic E-state index is 12.1. The zero-order valence-electron chi connectivity index (χ0n) is 13.5. The van der Waals surface area contributed by atoms with Crippen molar-refractivity contribution < 1.29 is 19.4 Å². The largest absolute Gasteiger partial charge is 0.478 e. The number of aryl methyl sites for hydroxylation is 1. The second-order valence-corrected chi connectivity index (χ2v) is 5.94. The highest BCUT2D eigenvalue weighted by molar-refractivity contribution is 6.34. The van der Waals surface area contributed by atoms with E-state index >= 15 is 0 Å². The third kappa shape index (κ3) is 3.06. The van der Waals surface area contributed by atoms with E-state index in [0.29, 0.717) is 22.2 Å². The number of halogens is 1. The Balaban J connectivity index is 2.35. The third-order valence-electron chi connectivity index (χ3n) is 3.87. The minimum absolute atomic E-state index is 0.111. The molecular formula is C19H14ClNO4. The highest BCUT2D eigenvalue weighted by Crippen LogP contribution is 2.31. The standard InChI is InChI=1S/C19H14ClNO4/c1-10-6-7-15-12(8-10)13(18(22)23)9-16(21-15)11-4-3-5-14(20)17(11)19(24)25-2/h3-9H,1-2H3,(H,22,23). The van der Waals surface area contributed by atoms with Crippen LogP contribution in [0.1, 0.15) is 26.3 Å². The molecule has 2 aromatic carbocycles. The van der Waals surface area contributed by atoms with Crippen LogP contribution in [-0.2, 0) is 4.74 Å². The van der Waals surface area contributed by atoms with Crippen LogP contribution in [0.4, 0.5) is 0 Å². The highest BCUT2D eigenvalue weighted by atomic mass is 35.5. The van der Waals surface area contributed by atoms with Crippen molar-refractivity contribution in [1.82, 2.24) is 4.98 Å². The van der Waals surface area contributed by atoms with Gasteiger partial charge in [-0.05, 0) is 31.2 Å². The maximum Gasteiger partial charge on any atom is 0.340 e. The lowest BCUT2D eigenvalue weighted by atomic mass is 9.99. The minimum Gasteiger partial charge on any atom is -0.478 e. The predicted molar refractivity (Wildman–Crippen MR) is 95.2 cm³/mol. The van der Waals surface area contributed by atoms with Gasteiger partial charge in [0.05, 0.1) is 34.5 Å². The number of aromatic nitrogens is 1. The first-order chi connectivity index (χ1) is 11.9. The van der Waals surface area contributed by atoms with Crippen LogP contribution in [-0.4, -0.2) is 29.1 Å². The Labute approximate surface area is 148 Å². The molecule has 0 aliphatic heterocycles. The fourth-order valence-corrected chi connectivity index (χ4v) is 2.95. The van der Waals surface area contributed by atoms with Crippen LogP contribution in [0, 0.1) is 6.92 Å². The van der Waals surface area contributed by atoms with Crippen LogP contribution in [0.2, 0.25) is 5.02 Å². The van der Waals surface area contributed by atoms with Gasteiger partial charge in [-0.1, -0.05) is 35.4 Å². The highest BCUT2D eigenvalue weighted by Gasteiger charge is 2.20. The van der Waals surface area contributed by atoms with Crippen molar-refractivity contribution in [2.45, 2.75) is 6.92 Å². The van der Waals surface area contributed by atoms with Gasteiger partial charge in [0.1, 0.15) is 0 Å². The number of esters is 1. The van der Waals surface area contributed by atoms with Gasteiger partial charge in [0, 0.05) is 10.9 Å². The molecule has 1 heterocycles. The van der Waals surface area contributed by atoms with Gasteiger partial charge >= 0.3 is 11.9 Å². The Morgan fingerprint density at radius 1 is 1.16 bits per heavy atom. The van der Waals surface area contributed by atoms with Gasteiger partial charge in [0.15, 0.2) is 0 Å². The molecule has 126 valence electrons. The van der Waals surface area contributed by atoms with Crippen LogP contribution < -0.4 is 0 Å². The number of hydrogen-bond donors (Lipinski definition) is 1. The van der Waals surface area contributed by atoms with E-state index in [9.17, 15) is 14.7 Å². The summed E-state index contributed by atoms with van der Waals surface area (Å²) in [6.07, 6.45) is 0. The molecule has 0 bridgehead atoms. The van der Waals surface area contributed by atoms with E-state index in [-0.39, 0.29) is 16.1 Å². The lowest BCUT2D eigenvalue weighted by Crippen LogP contribution is -2.06. The second-order valence-electron chi connectivity index (χ2n) is 5.53. The zero-order chi connectivity index (χ0) is 18.1. The molecule has 0 aliphatic carbocycles. The number of carbonyl (C=O) groups is 2. The smallest absolute Gasteiger partial charge is 0.340 e. The molecule has 0 spiro atoms. The van der Waals surface area contributed by atoms with Gasteiger partial charge in [-0.3, -0.25) is 0 Å². The predicted octanol–water partition coefficient (Wildman–Crippen LogP) is 4.35. The number of pyridine rings is 1. The molecule has 25 heavy (non-hydrogen) atoms. The monoisotopic (exact) mass is 355 g/mol. The van der Waals surface area contributed by atoms with Gasteiger partial charge in [-0.15, -0.1) is 0 Å². The summed E-state index contributed by atoms with van der Waals surface area (Å²) in [6, 6.07) is 11.7. The molecule has 1 aromatic heterocycles. The normalized spacial score (nSPS) is 10.7. The van der Waals surface area contributed by atoms with Crippen LogP contribution in [0.25, 0.3) is 22.2 Å². The fourth-order valence-electron chi connectivity index (χ4n) is 2.70. The SMILES string of the molecule is COC(=O)c1c(Cl)cccc1-c1cc(C(=O)O)c2cc(C)ccc2n1. The van der Waals surface area contributed by atoms with Crippen molar-refractivity contribution in [3.63, 3.8) is 0 Å². The Kier molecular flexibility index (Phi) is 4.42. The second kappa shape index (κ2) is 6.53. The fraction of sp³-hybridized carbons (Fsp3) is 0.105. The van der Waals surface area contributed by atoms with Crippen molar-refractivity contribution >= 4 is 34.4 Å². The lowest BCUT2D eigenvalue weighted by Gasteiger charge is -2.12. The summed E-state index contributed by atoms with van der Waals surface area (Å²) in [6.45, 7) is 1.88. The Bertz CT molecular complexity index is 1010. The number of hydrogen-bond acceptors (Lipinski definition) is 4. The molecule has 0 aliphatic rings. The van der Waals surface area contributed by atoms with Gasteiger partial charge in [-0.2, -0.15) is 0 Å². The molecule has 1 N–H and O–H groups in total. The summed E-state index contributed by atoms with van der Waals surface area (Å²) < 4.78 is 4.79. The number of carboxylic acids is 1. The van der Waals surface area contributed by atoms with E-state index in [1.165, 1.54) is 13.2 Å². The molecule has 6 heteroatoms. The summed E-state index contributed by atoms with van der Waals surface area (Å²) in [5.41, 5.74) is 2.49. The van der Waals surface area contributed by atoms with Gasteiger partial charge in [0.2, 0.25) is 0 Å². The summed E-state index contributed by atoms with van der Waals surface area (Å²) in [5, 5.41) is 10.3. The molecule has 3 rings (SSSR count). The molecule has 0 radical (unpaired) electrons. The van der Waals surface area contributed by atoms with Crippen molar-refractivity contribution in [3.05, 3.63) is 64.2 Å². The summed E-state index contributed by atoms with van der Waals surface area (Å²) >= 11 is 6.15. The van der Waals surface area contributed by atoms with Crippen molar-refractivity contribution in [2.24, 2.45) is 0 Å². The van der Waals surface area contributed by atoms with Gasteiger partial charge < -0.3 is 9.84 Å². The molecule has 0 atom stereocenters. The first-order valence-corrected chi connectivity index (χ1v) is 7.82. The topological polar surface area (TPSA) is 76.5 Å². The molecule has 5 nitrogen and oxygen atoms in total. The molecule has 0 amide bonds. The van der Waals surface area contributed by atoms with Crippen molar-refractivity contribution in [1.29, 1.82) is 0 Å². The Morgan fingerprint density at radius 3 is 2.60 bits per heavy atom. The maximum atomic E-state index is 12.1. The van der Waals surface area contributed by atoms with Crippen molar-refractivity contribution in [2.75, 3.05) is 7.11 Å². The number of ether oxygens (including phenoxy) is 1. The number of benzene rings is 2. The quantitative estimate of drug-likeness (QED) is 0.707. The number of rotatable bonds is 3. The van der Waals surface area contributed by atoms with Crippen LogP contribution in [0.15, 0.2) is 42.5 Å². The van der Waals surface area contributed by atoms with Crippen LogP contribution >= 0.6 is 11.6 Å². The van der Waals surface area contributed by atoms with Gasteiger partial charge in [-0.25, -0.2) is 14.6 Å². The number of carbonyl (C=O) groups excluding carboxylic acids is 1. The molecule has 0 fully saturated rings. The average molecular weight is 356 g/mol. The van der Waals surface area contributed by atoms with E-state index in [1.807, 2.05) is 13.0 Å². The van der Waals surface area contributed by atoms with Crippen LogP contribution in [0.5, 0.6) is 0 Å². The number of nitrogens with zero attached hydrogens (tertiary/aromatic N) is 1. The number of methoxy groups -OCH3 is 1. The minimum atomic E-state index is -1.07. The molecule has 0 saturated heterocycles. The van der Waals surface area contributed by atoms with Crippen LogP contribution in [0.3, 0.4) is 0 Å². The molecule has 0 saturated carbocycles. The summed E-state index contributed by atoms with van der Waals surface area (Å²) in [4.78, 5) is 28.3. The van der Waals surface area contributed by atoms with E-state index in [2.05, 4.69) is 4.98 Å². The van der Waals surface area contributed by atoms with E-state index in [0.717, 1.165) is 5.56 Å². The van der Waals surface area contributed by atoms with E-state index in [1.54, 1.807) is 30.3 Å². The van der Waals surface area contributed by atoms with Gasteiger partial charge in [0.25, 0.3) is 0 Å². The number of fused-ring (bicyclic) bond motifs is 1. The van der Waals surface area contributed by atoms with Crippen molar-refractivity contribution in [3.8, 4) is 11.3 Å². The number of aromatic carboxylic acids is 1. The first kappa shape index (κ1) is 16.9. The van der Waals surface area contributed by atoms with E-state index < -0.39 is 11.9 Å². The van der Waals surface area contributed by atoms with E-state index in [4.69, 9.17) is 16.3 Å². The Morgan fingerprint density at radius 2 is 1.92 bits per heavy atom. The lowest BCUT2D eigenvalue weighted by molar-refractivity contribution is 0.0601. The molecular weight excluding hydrogens is 342 g/mol. The summed E-state index contributed by atoms with van der Waals surface area (Å²) in [7, 11) is 1.26. The first-order valence-electron chi connectivity index (χ1n) is 7.44. The zero-order valence-corrected chi connectivity index (χ0v) is 14.3. The summed E-state index contributed by atoms with van der Waals surface area (Å²) in [5.74, 6) is -1.68. The third-order valence-corrected chi connectivity index (χ3v) is 4.19. The Hall–Kier alpha value is -2.92. The molecule has 3 aromatic rings. The number of carboxylic acid groups (broad SMARTS) is 1.